The SMILES string of the molecule is C=C/C=C\C(=C/C)N1C(=O)/C(=C/c2cc(Br)ccc2OCc2ccccc2Cl)C(=O)N=C1SCC(=O)NC(c1ccccc1)c1ccccc1. The molecule has 7 nitrogen and oxygen atoms in total. The van der Waals surface area contributed by atoms with Crippen LogP contribution in [0.1, 0.15) is 35.2 Å². The number of nitrogens with zero attached hydrogens (tertiary/aromatic N) is 2. The van der Waals surface area contributed by atoms with E-state index in [9.17, 15) is 14.4 Å². The summed E-state index contributed by atoms with van der Waals surface area (Å²) in [6, 6.07) is 31.5. The summed E-state index contributed by atoms with van der Waals surface area (Å²) in [6.07, 6.45) is 8.13. The van der Waals surface area contributed by atoms with Crippen LogP contribution in [0.15, 0.2) is 155 Å². The summed E-state index contributed by atoms with van der Waals surface area (Å²) in [5.41, 5.74) is 3.40. The molecule has 0 fully saturated rings. The average molecular weight is 767 g/mol. The van der Waals surface area contributed by atoms with Gasteiger partial charge in [0.15, 0.2) is 5.17 Å². The molecule has 252 valence electrons. The van der Waals surface area contributed by atoms with E-state index >= 15 is 0 Å². The number of carbonyl (C=O) groups is 3. The fourth-order valence-corrected chi connectivity index (χ4v) is 6.46. The zero-order valence-electron chi connectivity index (χ0n) is 27.1. The van der Waals surface area contributed by atoms with Gasteiger partial charge in [0.1, 0.15) is 17.9 Å². The fraction of sp³-hybridized carbons (Fsp3) is 0.100. The molecule has 5 rings (SSSR count). The van der Waals surface area contributed by atoms with Crippen LogP contribution in [0.5, 0.6) is 5.75 Å². The Balaban J connectivity index is 1.43. The van der Waals surface area contributed by atoms with Crippen LogP contribution in [-0.2, 0) is 21.0 Å². The molecule has 0 saturated heterocycles. The highest BCUT2D eigenvalue weighted by Crippen LogP contribution is 2.31. The highest BCUT2D eigenvalue weighted by Gasteiger charge is 2.35. The molecule has 3 amide bonds. The first-order chi connectivity index (χ1) is 24.3. The van der Waals surface area contributed by atoms with Crippen LogP contribution in [0.4, 0.5) is 0 Å². The molecule has 1 aliphatic rings. The minimum atomic E-state index is -0.735. The zero-order valence-corrected chi connectivity index (χ0v) is 30.3. The molecule has 1 N–H and O–H groups in total. The molecule has 1 aliphatic heterocycles. The van der Waals surface area contributed by atoms with Crippen molar-refractivity contribution in [1.29, 1.82) is 0 Å². The molecule has 0 spiro atoms. The Morgan fingerprint density at radius 2 is 1.66 bits per heavy atom. The van der Waals surface area contributed by atoms with Gasteiger partial charge in [-0.05, 0) is 54.5 Å². The highest BCUT2D eigenvalue weighted by atomic mass is 79.9. The predicted octanol–water partition coefficient (Wildman–Crippen LogP) is 9.07. The largest absolute Gasteiger partial charge is 0.488 e. The lowest BCUT2D eigenvalue weighted by Crippen LogP contribution is -2.42. The van der Waals surface area contributed by atoms with Crippen molar-refractivity contribution < 1.29 is 19.1 Å². The number of aliphatic imine (C=N–C) groups is 1. The van der Waals surface area contributed by atoms with Crippen LogP contribution in [-0.4, -0.2) is 33.5 Å². The lowest BCUT2D eigenvalue weighted by molar-refractivity contribution is -0.126. The number of nitrogens with one attached hydrogen (secondary N) is 1. The summed E-state index contributed by atoms with van der Waals surface area (Å²) in [6.45, 7) is 5.68. The third kappa shape index (κ3) is 9.18. The first-order valence-electron chi connectivity index (χ1n) is 15.6. The van der Waals surface area contributed by atoms with Gasteiger partial charge in [0.25, 0.3) is 11.8 Å². The number of hydrogen-bond acceptors (Lipinski definition) is 5. The van der Waals surface area contributed by atoms with E-state index in [1.807, 2.05) is 78.9 Å². The van der Waals surface area contributed by atoms with Gasteiger partial charge in [-0.1, -0.05) is 143 Å². The summed E-state index contributed by atoms with van der Waals surface area (Å²) < 4.78 is 6.82. The van der Waals surface area contributed by atoms with Gasteiger partial charge < -0.3 is 10.1 Å². The number of ether oxygens (including phenoxy) is 1. The highest BCUT2D eigenvalue weighted by molar-refractivity contribution is 9.10. The molecule has 0 aromatic heterocycles. The Hall–Kier alpha value is -4.96. The number of rotatable bonds is 12. The molecule has 4 aromatic carbocycles. The van der Waals surface area contributed by atoms with Crippen molar-refractivity contribution in [2.45, 2.75) is 19.6 Å². The van der Waals surface area contributed by atoms with Crippen molar-refractivity contribution in [2.75, 3.05) is 5.75 Å². The Morgan fingerprint density at radius 1 is 1.00 bits per heavy atom. The van der Waals surface area contributed by atoms with Gasteiger partial charge in [-0.25, -0.2) is 0 Å². The number of carbonyl (C=O) groups excluding carboxylic acids is 3. The number of allylic oxidation sites excluding steroid dienone is 4. The summed E-state index contributed by atoms with van der Waals surface area (Å²) in [7, 11) is 0. The third-order valence-corrected chi connectivity index (χ3v) is 9.33. The van der Waals surface area contributed by atoms with Gasteiger partial charge in [-0.2, -0.15) is 4.99 Å². The van der Waals surface area contributed by atoms with E-state index in [0.29, 0.717) is 22.0 Å². The minimum absolute atomic E-state index is 0.0783. The lowest BCUT2D eigenvalue weighted by Gasteiger charge is -2.28. The van der Waals surface area contributed by atoms with Gasteiger partial charge >= 0.3 is 0 Å². The molecule has 0 bridgehead atoms. The summed E-state index contributed by atoms with van der Waals surface area (Å²) in [4.78, 5) is 46.8. The fourth-order valence-electron chi connectivity index (χ4n) is 5.08. The summed E-state index contributed by atoms with van der Waals surface area (Å²) in [5.74, 6) is -1.29. The molecule has 1 heterocycles. The Labute approximate surface area is 309 Å². The average Bonchev–Trinajstić information content (AvgIpc) is 3.13. The second kappa shape index (κ2) is 17.6. The second-order valence-corrected chi connectivity index (χ2v) is 13.1. The molecule has 0 saturated carbocycles. The minimum Gasteiger partial charge on any atom is -0.488 e. The van der Waals surface area contributed by atoms with Crippen LogP contribution >= 0.6 is 39.3 Å². The quantitative estimate of drug-likeness (QED) is 0.0884. The number of hydrogen-bond donors (Lipinski definition) is 1. The van der Waals surface area contributed by atoms with E-state index in [-0.39, 0.29) is 29.0 Å². The normalized spacial score (nSPS) is 14.3. The standard InChI is InChI=1S/C40H33BrClN3O4S/c1-3-5-19-32(4-2)45-39(48)33(24-30-23-31(41)21-22-35(30)49-25-29-18-12-13-20-34(29)42)38(47)44-40(45)50-26-36(46)43-37(27-14-8-6-9-15-27)28-16-10-7-11-17-28/h3-24,37H,1,25-26H2,2H3,(H,43,46)/b19-5-,32-4+,33-24+. The topological polar surface area (TPSA) is 88.1 Å². The van der Waals surface area contributed by atoms with E-state index < -0.39 is 17.9 Å². The van der Waals surface area contributed by atoms with Crippen molar-refractivity contribution in [3.05, 3.63) is 177 Å². The molecule has 0 atom stereocenters. The number of thioether (sulfide) groups is 1. The molecule has 50 heavy (non-hydrogen) atoms. The van der Waals surface area contributed by atoms with Crippen LogP contribution in [0.2, 0.25) is 5.02 Å². The van der Waals surface area contributed by atoms with E-state index in [0.717, 1.165) is 32.9 Å². The molecule has 0 radical (unpaired) electrons. The molecule has 10 heteroatoms. The van der Waals surface area contributed by atoms with E-state index in [1.165, 1.54) is 11.0 Å². The number of benzene rings is 4. The maximum Gasteiger partial charge on any atom is 0.285 e. The third-order valence-electron chi connectivity index (χ3n) is 7.53. The van der Waals surface area contributed by atoms with Crippen LogP contribution in [0.3, 0.4) is 0 Å². The molecular weight excluding hydrogens is 734 g/mol. The Kier molecular flexibility index (Phi) is 12.8. The van der Waals surface area contributed by atoms with Gasteiger partial charge in [-0.15, -0.1) is 0 Å². The molecule has 0 aliphatic carbocycles. The van der Waals surface area contributed by atoms with Gasteiger partial charge in [0, 0.05) is 26.3 Å². The van der Waals surface area contributed by atoms with Gasteiger partial charge in [0.05, 0.1) is 11.8 Å². The Morgan fingerprint density at radius 3 is 2.30 bits per heavy atom. The zero-order chi connectivity index (χ0) is 35.5. The van der Waals surface area contributed by atoms with Crippen molar-refractivity contribution >= 4 is 68.3 Å². The number of halogens is 2. The maximum absolute atomic E-state index is 14.2. The predicted molar refractivity (Wildman–Crippen MR) is 206 cm³/mol. The first kappa shape index (κ1) is 36.3. The van der Waals surface area contributed by atoms with Crippen LogP contribution in [0, 0.1) is 0 Å². The number of amidine groups is 1. The van der Waals surface area contributed by atoms with Gasteiger partial charge in [0.2, 0.25) is 5.91 Å². The number of amides is 3. The van der Waals surface area contributed by atoms with Crippen molar-refractivity contribution in [1.82, 2.24) is 10.2 Å². The van der Waals surface area contributed by atoms with Crippen LogP contribution < -0.4 is 10.1 Å². The van der Waals surface area contributed by atoms with Crippen molar-refractivity contribution in [2.24, 2.45) is 4.99 Å². The molecule has 0 unspecified atom stereocenters. The van der Waals surface area contributed by atoms with E-state index in [2.05, 4.69) is 32.8 Å². The summed E-state index contributed by atoms with van der Waals surface area (Å²) in [5, 5.41) is 3.74. The molecular formula is C40H33BrClN3O4S. The van der Waals surface area contributed by atoms with E-state index in [1.54, 1.807) is 55.5 Å². The van der Waals surface area contributed by atoms with Crippen LogP contribution in [0.25, 0.3) is 6.08 Å². The maximum atomic E-state index is 14.2. The smallest absolute Gasteiger partial charge is 0.285 e. The Bertz CT molecular complexity index is 1970. The first-order valence-corrected chi connectivity index (χ1v) is 17.8. The second-order valence-electron chi connectivity index (χ2n) is 10.9. The monoisotopic (exact) mass is 765 g/mol. The van der Waals surface area contributed by atoms with Crippen molar-refractivity contribution in [3.8, 4) is 5.75 Å². The van der Waals surface area contributed by atoms with E-state index in [4.69, 9.17) is 16.3 Å². The summed E-state index contributed by atoms with van der Waals surface area (Å²) >= 11 is 10.8. The van der Waals surface area contributed by atoms with Gasteiger partial charge in [-0.3, -0.25) is 19.3 Å². The lowest BCUT2D eigenvalue weighted by atomic mass is 9.99. The molecule has 4 aromatic rings. The van der Waals surface area contributed by atoms with Crippen molar-refractivity contribution in [3.63, 3.8) is 0 Å².